The molecule has 3 atom stereocenters. The molecular weight excluding hydrogens is 366 g/mol. The van der Waals surface area contributed by atoms with E-state index in [4.69, 9.17) is 4.74 Å². The molecule has 0 radical (unpaired) electrons. The highest BCUT2D eigenvalue weighted by Gasteiger charge is 2.50. The van der Waals surface area contributed by atoms with Gasteiger partial charge < -0.3 is 19.4 Å². The van der Waals surface area contributed by atoms with E-state index in [0.29, 0.717) is 19.6 Å². The van der Waals surface area contributed by atoms with Gasteiger partial charge in [0.15, 0.2) is 0 Å². The van der Waals surface area contributed by atoms with Gasteiger partial charge >= 0.3 is 6.03 Å². The van der Waals surface area contributed by atoms with E-state index >= 15 is 0 Å². The summed E-state index contributed by atoms with van der Waals surface area (Å²) in [5.74, 6) is 1.36. The minimum absolute atomic E-state index is 0.0150. The molecule has 2 saturated heterocycles. The van der Waals surface area contributed by atoms with Crippen LogP contribution in [0.1, 0.15) is 22.0 Å². The van der Waals surface area contributed by atoms with Crippen molar-refractivity contribution in [2.75, 3.05) is 40.8 Å². The third kappa shape index (κ3) is 3.55. The number of methoxy groups -OCH3 is 1. The van der Waals surface area contributed by atoms with E-state index in [1.165, 1.54) is 0 Å². The van der Waals surface area contributed by atoms with Gasteiger partial charge in [-0.15, -0.1) is 0 Å². The average molecular weight is 393 g/mol. The maximum absolute atomic E-state index is 12.9. The van der Waals surface area contributed by atoms with Crippen molar-refractivity contribution in [1.29, 1.82) is 0 Å². The largest absolute Gasteiger partial charge is 0.497 e. The van der Waals surface area contributed by atoms with E-state index in [2.05, 4.69) is 0 Å². The van der Waals surface area contributed by atoms with Crippen LogP contribution < -0.4 is 4.74 Å². The fraction of sp³-hybridized carbons (Fsp3) is 0.391. The van der Waals surface area contributed by atoms with Gasteiger partial charge in [0.1, 0.15) is 5.75 Å². The van der Waals surface area contributed by atoms with Gasteiger partial charge in [0.25, 0.3) is 5.91 Å². The monoisotopic (exact) mass is 393 g/mol. The van der Waals surface area contributed by atoms with Gasteiger partial charge in [0.05, 0.1) is 13.2 Å². The van der Waals surface area contributed by atoms with Crippen molar-refractivity contribution < 1.29 is 14.3 Å². The Labute approximate surface area is 171 Å². The summed E-state index contributed by atoms with van der Waals surface area (Å²) < 4.78 is 5.29. The highest BCUT2D eigenvalue weighted by atomic mass is 16.5. The van der Waals surface area contributed by atoms with E-state index in [0.717, 1.165) is 16.9 Å². The summed E-state index contributed by atoms with van der Waals surface area (Å²) in [6.07, 6.45) is 0. The number of amides is 3. The Bertz CT molecular complexity index is 882. The van der Waals surface area contributed by atoms with Crippen molar-refractivity contribution in [2.45, 2.75) is 6.04 Å². The van der Waals surface area contributed by atoms with Gasteiger partial charge in [-0.3, -0.25) is 4.79 Å². The first kappa shape index (κ1) is 19.3. The SMILES string of the molecule is COc1ccc([C@H]2[C@@H]3CN(C(=O)c4ccccc4)C[C@@H]3CN2C(=O)N(C)C)cc1. The predicted molar refractivity (Wildman–Crippen MR) is 111 cm³/mol. The third-order valence-corrected chi connectivity index (χ3v) is 6.06. The van der Waals surface area contributed by atoms with Crippen molar-refractivity contribution in [3.8, 4) is 5.75 Å². The molecule has 4 rings (SSSR count). The van der Waals surface area contributed by atoms with Crippen LogP contribution >= 0.6 is 0 Å². The number of urea groups is 1. The topological polar surface area (TPSA) is 53.1 Å². The summed E-state index contributed by atoms with van der Waals surface area (Å²) in [5.41, 5.74) is 1.80. The lowest BCUT2D eigenvalue weighted by Gasteiger charge is -2.32. The molecule has 6 heteroatoms. The molecule has 0 aromatic heterocycles. The second kappa shape index (κ2) is 7.78. The Morgan fingerprint density at radius 1 is 0.966 bits per heavy atom. The van der Waals surface area contributed by atoms with E-state index in [1.54, 1.807) is 26.1 Å². The van der Waals surface area contributed by atoms with Crippen LogP contribution in [-0.4, -0.2) is 67.5 Å². The Balaban J connectivity index is 1.60. The number of hydrogen-bond acceptors (Lipinski definition) is 3. The molecule has 2 aliphatic heterocycles. The highest BCUT2D eigenvalue weighted by Crippen LogP contribution is 2.45. The number of hydrogen-bond donors (Lipinski definition) is 0. The maximum atomic E-state index is 12.9. The van der Waals surface area contributed by atoms with Crippen molar-refractivity contribution in [2.24, 2.45) is 11.8 Å². The van der Waals surface area contributed by atoms with Crippen LogP contribution in [0.2, 0.25) is 0 Å². The smallest absolute Gasteiger partial charge is 0.320 e. The lowest BCUT2D eigenvalue weighted by molar-refractivity contribution is 0.0766. The molecule has 2 aromatic rings. The molecule has 2 heterocycles. The molecule has 6 nitrogen and oxygen atoms in total. The van der Waals surface area contributed by atoms with E-state index < -0.39 is 0 Å². The second-order valence-corrected chi connectivity index (χ2v) is 8.05. The molecule has 0 spiro atoms. The summed E-state index contributed by atoms with van der Waals surface area (Å²) in [6.45, 7) is 2.01. The summed E-state index contributed by atoms with van der Waals surface area (Å²) >= 11 is 0. The quantitative estimate of drug-likeness (QED) is 0.805. The molecule has 2 aliphatic rings. The molecule has 2 aromatic carbocycles. The van der Waals surface area contributed by atoms with Gasteiger partial charge in [-0.1, -0.05) is 30.3 Å². The minimum Gasteiger partial charge on any atom is -0.497 e. The van der Waals surface area contributed by atoms with Crippen molar-refractivity contribution in [1.82, 2.24) is 14.7 Å². The summed E-state index contributed by atoms with van der Waals surface area (Å²) in [6, 6.07) is 17.3. The van der Waals surface area contributed by atoms with Crippen molar-refractivity contribution >= 4 is 11.9 Å². The van der Waals surface area contributed by atoms with Crippen LogP contribution in [0.3, 0.4) is 0 Å². The maximum Gasteiger partial charge on any atom is 0.320 e. The van der Waals surface area contributed by atoms with Crippen LogP contribution in [-0.2, 0) is 0 Å². The molecule has 152 valence electrons. The van der Waals surface area contributed by atoms with E-state index in [-0.39, 0.29) is 29.8 Å². The van der Waals surface area contributed by atoms with Crippen LogP contribution in [0.4, 0.5) is 4.79 Å². The first-order chi connectivity index (χ1) is 14.0. The highest BCUT2D eigenvalue weighted by molar-refractivity contribution is 5.94. The number of carbonyl (C=O) groups is 2. The second-order valence-electron chi connectivity index (χ2n) is 8.05. The zero-order valence-electron chi connectivity index (χ0n) is 17.1. The number of rotatable bonds is 3. The Hall–Kier alpha value is -3.02. The summed E-state index contributed by atoms with van der Waals surface area (Å²) in [7, 11) is 5.21. The Morgan fingerprint density at radius 2 is 1.66 bits per heavy atom. The van der Waals surface area contributed by atoms with Gasteiger partial charge in [0, 0.05) is 51.1 Å². The lowest BCUT2D eigenvalue weighted by atomic mass is 9.89. The minimum atomic E-state index is -0.0469. The first-order valence-corrected chi connectivity index (χ1v) is 9.95. The molecular formula is C23H27N3O3. The van der Waals surface area contributed by atoms with Crippen molar-refractivity contribution in [3.63, 3.8) is 0 Å². The molecule has 29 heavy (non-hydrogen) atoms. The van der Waals surface area contributed by atoms with Gasteiger partial charge in [-0.05, 0) is 29.8 Å². The number of ether oxygens (including phenoxy) is 1. The van der Waals surface area contributed by atoms with Crippen LogP contribution in [0.25, 0.3) is 0 Å². The lowest BCUT2D eigenvalue weighted by Crippen LogP contribution is -2.42. The molecule has 0 N–H and O–H groups in total. The zero-order chi connectivity index (χ0) is 20.5. The number of fused-ring (bicyclic) bond motifs is 1. The predicted octanol–water partition coefficient (Wildman–Crippen LogP) is 3.12. The van der Waals surface area contributed by atoms with E-state index in [1.807, 2.05) is 64.4 Å². The van der Waals surface area contributed by atoms with Crippen LogP contribution in [0.5, 0.6) is 5.75 Å². The number of benzene rings is 2. The molecule has 3 amide bonds. The van der Waals surface area contributed by atoms with Crippen LogP contribution in [0.15, 0.2) is 54.6 Å². The zero-order valence-corrected chi connectivity index (χ0v) is 17.1. The van der Waals surface area contributed by atoms with Crippen molar-refractivity contribution in [3.05, 3.63) is 65.7 Å². The summed E-state index contributed by atoms with van der Waals surface area (Å²) in [4.78, 5) is 31.3. The Morgan fingerprint density at radius 3 is 2.28 bits per heavy atom. The fourth-order valence-corrected chi connectivity index (χ4v) is 4.66. The number of nitrogens with zero attached hydrogens (tertiary/aromatic N) is 3. The molecule has 2 fully saturated rings. The third-order valence-electron chi connectivity index (χ3n) is 6.06. The fourth-order valence-electron chi connectivity index (χ4n) is 4.66. The van der Waals surface area contributed by atoms with E-state index in [9.17, 15) is 9.59 Å². The normalized spacial score (nSPS) is 23.1. The number of carbonyl (C=O) groups excluding carboxylic acids is 2. The Kier molecular flexibility index (Phi) is 5.18. The van der Waals surface area contributed by atoms with Gasteiger partial charge in [0.2, 0.25) is 0 Å². The summed E-state index contributed by atoms with van der Waals surface area (Å²) in [5, 5.41) is 0. The number of likely N-dealkylation sites (tertiary alicyclic amines) is 2. The van der Waals surface area contributed by atoms with Crippen LogP contribution in [0, 0.1) is 11.8 Å². The van der Waals surface area contributed by atoms with Gasteiger partial charge in [-0.25, -0.2) is 4.79 Å². The first-order valence-electron chi connectivity index (χ1n) is 9.95. The molecule has 0 bridgehead atoms. The molecule has 0 aliphatic carbocycles. The average Bonchev–Trinajstić information content (AvgIpc) is 3.31. The van der Waals surface area contributed by atoms with Gasteiger partial charge in [-0.2, -0.15) is 0 Å². The molecule has 0 saturated carbocycles. The standard InChI is InChI=1S/C23H27N3O3/c1-24(2)23(28)26-14-18-13-25(22(27)17-7-5-4-6-8-17)15-20(18)21(26)16-9-11-19(29-3)12-10-16/h4-12,18,20-21H,13-15H2,1-3H3/t18-,20-,21+/m1/s1. The molecule has 0 unspecified atom stereocenters.